The van der Waals surface area contributed by atoms with Crippen molar-refractivity contribution >= 4 is 33.4 Å². The zero-order chi connectivity index (χ0) is 15.3. The zero-order valence-electron chi connectivity index (χ0n) is 10.8. The van der Waals surface area contributed by atoms with E-state index < -0.39 is 17.9 Å². The van der Waals surface area contributed by atoms with Crippen molar-refractivity contribution in [1.82, 2.24) is 5.06 Å². The number of rotatable bonds is 6. The molecule has 0 aliphatic rings. The van der Waals surface area contributed by atoms with Crippen LogP contribution < -0.4 is 4.74 Å². The first-order valence-corrected chi connectivity index (χ1v) is 6.77. The Morgan fingerprint density at radius 2 is 2.20 bits per heavy atom. The van der Waals surface area contributed by atoms with Gasteiger partial charge in [0.15, 0.2) is 17.7 Å². The van der Waals surface area contributed by atoms with E-state index in [0.717, 1.165) is 5.06 Å². The molecule has 0 aliphatic carbocycles. The molecule has 0 aromatic heterocycles. The van der Waals surface area contributed by atoms with Gasteiger partial charge in [-0.05, 0) is 28.1 Å². The molecule has 0 saturated heterocycles. The SMILES string of the molecule is CON(C)C(=O)C(F)CCOc1c(Cl)ccc(Br)c1F. The van der Waals surface area contributed by atoms with Gasteiger partial charge in [0, 0.05) is 13.5 Å². The van der Waals surface area contributed by atoms with E-state index in [9.17, 15) is 13.6 Å². The molecule has 0 radical (unpaired) electrons. The van der Waals surface area contributed by atoms with Gasteiger partial charge in [-0.2, -0.15) is 0 Å². The summed E-state index contributed by atoms with van der Waals surface area (Å²) in [5, 5.41) is 0.846. The lowest BCUT2D eigenvalue weighted by Gasteiger charge is -2.16. The maximum absolute atomic E-state index is 13.7. The molecule has 0 spiro atoms. The molecule has 0 bridgehead atoms. The number of hydrogen-bond donors (Lipinski definition) is 0. The highest BCUT2D eigenvalue weighted by atomic mass is 79.9. The Morgan fingerprint density at radius 3 is 2.80 bits per heavy atom. The highest BCUT2D eigenvalue weighted by Crippen LogP contribution is 2.32. The molecule has 1 atom stereocenters. The lowest BCUT2D eigenvalue weighted by molar-refractivity contribution is -0.174. The van der Waals surface area contributed by atoms with E-state index in [1.165, 1.54) is 26.3 Å². The Hall–Kier alpha value is -0.920. The fourth-order valence-electron chi connectivity index (χ4n) is 1.32. The van der Waals surface area contributed by atoms with Crippen LogP contribution in [0.1, 0.15) is 6.42 Å². The normalized spacial score (nSPS) is 12.1. The summed E-state index contributed by atoms with van der Waals surface area (Å²) in [6.45, 7) is -0.197. The summed E-state index contributed by atoms with van der Waals surface area (Å²) in [6.07, 6.45) is -2.04. The van der Waals surface area contributed by atoms with Crippen LogP contribution in [-0.4, -0.2) is 37.9 Å². The lowest BCUT2D eigenvalue weighted by Crippen LogP contribution is -2.34. The second-order valence-electron chi connectivity index (χ2n) is 3.80. The molecule has 1 rings (SSSR count). The Bertz CT molecular complexity index is 490. The Labute approximate surface area is 128 Å². The number of carbonyl (C=O) groups excluding carboxylic acids is 1. The number of amides is 1. The summed E-state index contributed by atoms with van der Waals surface area (Å²) in [6, 6.07) is 2.88. The second kappa shape index (κ2) is 7.75. The predicted octanol–water partition coefficient (Wildman–Crippen LogP) is 3.37. The van der Waals surface area contributed by atoms with Gasteiger partial charge in [-0.3, -0.25) is 9.63 Å². The Kier molecular flexibility index (Phi) is 6.64. The van der Waals surface area contributed by atoms with E-state index in [0.29, 0.717) is 0 Å². The molecule has 1 aromatic carbocycles. The van der Waals surface area contributed by atoms with Crippen molar-refractivity contribution in [2.45, 2.75) is 12.6 Å². The first-order valence-electron chi connectivity index (χ1n) is 5.60. The van der Waals surface area contributed by atoms with Gasteiger partial charge in [-0.15, -0.1) is 0 Å². The number of benzene rings is 1. The van der Waals surface area contributed by atoms with Crippen LogP contribution in [0.5, 0.6) is 5.75 Å². The molecule has 1 aromatic rings. The molecule has 4 nitrogen and oxygen atoms in total. The fraction of sp³-hybridized carbons (Fsp3) is 0.417. The van der Waals surface area contributed by atoms with Crippen molar-refractivity contribution in [1.29, 1.82) is 0 Å². The molecule has 1 amide bonds. The van der Waals surface area contributed by atoms with Crippen LogP contribution >= 0.6 is 27.5 Å². The van der Waals surface area contributed by atoms with Gasteiger partial charge >= 0.3 is 0 Å². The van der Waals surface area contributed by atoms with Crippen LogP contribution in [0.25, 0.3) is 0 Å². The van der Waals surface area contributed by atoms with E-state index in [4.69, 9.17) is 16.3 Å². The third-order valence-corrected chi connectivity index (χ3v) is 3.38. The standard InChI is InChI=1S/C12H13BrClF2NO3/c1-17(19-2)12(18)9(15)5-6-20-11-8(14)4-3-7(13)10(11)16/h3-4,9H,5-6H2,1-2H3. The molecule has 1 unspecified atom stereocenters. The number of alkyl halides is 1. The molecule has 0 heterocycles. The monoisotopic (exact) mass is 371 g/mol. The topological polar surface area (TPSA) is 38.8 Å². The first kappa shape index (κ1) is 17.1. The van der Waals surface area contributed by atoms with E-state index in [1.54, 1.807) is 0 Å². The first-order chi connectivity index (χ1) is 9.38. The van der Waals surface area contributed by atoms with E-state index in [2.05, 4.69) is 20.8 Å². The number of nitrogens with zero attached hydrogens (tertiary/aromatic N) is 1. The number of ether oxygens (including phenoxy) is 1. The molecule has 0 N–H and O–H groups in total. The molecular weight excluding hydrogens is 359 g/mol. The van der Waals surface area contributed by atoms with Gasteiger partial charge in [-0.1, -0.05) is 11.6 Å². The Balaban J connectivity index is 2.57. The van der Waals surface area contributed by atoms with Crippen molar-refractivity contribution < 1.29 is 23.1 Å². The molecule has 8 heteroatoms. The molecule has 0 saturated carbocycles. The number of carbonyl (C=O) groups is 1. The van der Waals surface area contributed by atoms with Gasteiger partial charge in [0.25, 0.3) is 5.91 Å². The van der Waals surface area contributed by atoms with Gasteiger partial charge in [0.05, 0.1) is 23.2 Å². The van der Waals surface area contributed by atoms with E-state index in [1.807, 2.05) is 0 Å². The minimum atomic E-state index is -1.80. The minimum absolute atomic E-state index is 0.0708. The highest BCUT2D eigenvalue weighted by Gasteiger charge is 2.22. The van der Waals surface area contributed by atoms with Crippen molar-refractivity contribution in [3.63, 3.8) is 0 Å². The van der Waals surface area contributed by atoms with Gasteiger partial charge in [0.2, 0.25) is 0 Å². The minimum Gasteiger partial charge on any atom is -0.489 e. The molecule has 0 fully saturated rings. The predicted molar refractivity (Wildman–Crippen MR) is 73.9 cm³/mol. The van der Waals surface area contributed by atoms with Crippen molar-refractivity contribution in [3.8, 4) is 5.75 Å². The van der Waals surface area contributed by atoms with Crippen LogP contribution in [-0.2, 0) is 9.63 Å². The van der Waals surface area contributed by atoms with Crippen LogP contribution in [0.2, 0.25) is 5.02 Å². The summed E-state index contributed by atoms with van der Waals surface area (Å²) < 4.78 is 32.5. The molecule has 0 aliphatic heterocycles. The van der Waals surface area contributed by atoms with Gasteiger partial charge in [0.1, 0.15) is 0 Å². The lowest BCUT2D eigenvalue weighted by atomic mass is 10.2. The summed E-state index contributed by atoms with van der Waals surface area (Å²) >= 11 is 8.77. The summed E-state index contributed by atoms with van der Waals surface area (Å²) in [5.74, 6) is -1.69. The summed E-state index contributed by atoms with van der Waals surface area (Å²) in [5.41, 5.74) is 0. The number of hydroxylamine groups is 2. The third-order valence-electron chi connectivity index (χ3n) is 2.47. The van der Waals surface area contributed by atoms with Crippen molar-refractivity contribution in [2.75, 3.05) is 20.8 Å². The van der Waals surface area contributed by atoms with Gasteiger partial charge < -0.3 is 4.74 Å². The largest absolute Gasteiger partial charge is 0.489 e. The van der Waals surface area contributed by atoms with E-state index in [-0.39, 0.29) is 28.3 Å². The number of halogens is 4. The Morgan fingerprint density at radius 1 is 1.55 bits per heavy atom. The quantitative estimate of drug-likeness (QED) is 0.568. The van der Waals surface area contributed by atoms with Gasteiger partial charge in [-0.25, -0.2) is 13.8 Å². The van der Waals surface area contributed by atoms with Crippen molar-refractivity contribution in [3.05, 3.63) is 27.4 Å². The number of hydrogen-bond acceptors (Lipinski definition) is 3. The maximum Gasteiger partial charge on any atom is 0.280 e. The molecule has 20 heavy (non-hydrogen) atoms. The maximum atomic E-state index is 13.7. The average molecular weight is 373 g/mol. The van der Waals surface area contributed by atoms with E-state index >= 15 is 0 Å². The summed E-state index contributed by atoms with van der Waals surface area (Å²) in [7, 11) is 2.54. The van der Waals surface area contributed by atoms with Crippen LogP contribution in [0.4, 0.5) is 8.78 Å². The third kappa shape index (κ3) is 4.29. The average Bonchev–Trinajstić information content (AvgIpc) is 2.44. The zero-order valence-corrected chi connectivity index (χ0v) is 13.2. The smallest absolute Gasteiger partial charge is 0.280 e. The van der Waals surface area contributed by atoms with Crippen LogP contribution in [0.3, 0.4) is 0 Å². The molecular formula is C12H13BrClF2NO3. The summed E-state index contributed by atoms with van der Waals surface area (Å²) in [4.78, 5) is 15.9. The van der Waals surface area contributed by atoms with Crippen LogP contribution in [0.15, 0.2) is 16.6 Å². The second-order valence-corrected chi connectivity index (χ2v) is 5.06. The fourth-order valence-corrected chi connectivity index (χ4v) is 1.83. The van der Waals surface area contributed by atoms with Crippen molar-refractivity contribution in [2.24, 2.45) is 0 Å². The highest BCUT2D eigenvalue weighted by molar-refractivity contribution is 9.10. The molecule has 112 valence electrons. The van der Waals surface area contributed by atoms with Crippen LogP contribution in [0, 0.1) is 5.82 Å².